The number of fused-ring (bicyclic) bond motifs is 8. The maximum Gasteiger partial charge on any atom is 0.164 e. The van der Waals surface area contributed by atoms with Crippen molar-refractivity contribution in [2.24, 2.45) is 0 Å². The standard InChI is InChI=1S/C47H27N3O2/c1-3-10-30-24-32(18-16-28(30)8-1)33-20-22-42-39(26-33)44-37(13-7-15-43(44)52-42)47-49-45(34-19-17-29-9-2-4-11-31(29)25-34)48-46(50-47)35-21-23-41-38(27-35)36-12-5-6-14-40(36)51-41/h1-27H. The van der Waals surface area contributed by atoms with E-state index in [1.54, 1.807) is 0 Å². The lowest BCUT2D eigenvalue weighted by Gasteiger charge is -2.10. The summed E-state index contributed by atoms with van der Waals surface area (Å²) < 4.78 is 12.6. The van der Waals surface area contributed by atoms with Gasteiger partial charge in [-0.15, -0.1) is 0 Å². The number of furan rings is 2. The van der Waals surface area contributed by atoms with Crippen molar-refractivity contribution < 1.29 is 8.83 Å². The van der Waals surface area contributed by atoms with E-state index in [9.17, 15) is 0 Å². The van der Waals surface area contributed by atoms with E-state index in [4.69, 9.17) is 23.8 Å². The molecule has 0 radical (unpaired) electrons. The Morgan fingerprint density at radius 3 is 1.60 bits per heavy atom. The van der Waals surface area contributed by atoms with Gasteiger partial charge in [0.25, 0.3) is 0 Å². The Bertz CT molecular complexity index is 3210. The van der Waals surface area contributed by atoms with E-state index in [0.717, 1.165) is 82.5 Å². The Kier molecular flexibility index (Phi) is 6.18. The second-order valence-corrected chi connectivity index (χ2v) is 13.2. The molecule has 3 heterocycles. The molecule has 8 aromatic carbocycles. The fraction of sp³-hybridized carbons (Fsp3) is 0. The molecule has 5 nitrogen and oxygen atoms in total. The molecule has 0 aliphatic rings. The van der Waals surface area contributed by atoms with Crippen LogP contribution < -0.4 is 0 Å². The first-order chi connectivity index (χ1) is 25.7. The number of para-hydroxylation sites is 1. The zero-order chi connectivity index (χ0) is 34.2. The van der Waals surface area contributed by atoms with E-state index in [0.29, 0.717) is 17.5 Å². The highest BCUT2D eigenvalue weighted by Gasteiger charge is 2.19. The first kappa shape index (κ1) is 28.7. The number of nitrogens with zero attached hydrogens (tertiary/aromatic N) is 3. The van der Waals surface area contributed by atoms with Crippen LogP contribution in [0.4, 0.5) is 0 Å². The maximum atomic E-state index is 6.45. The molecule has 0 spiro atoms. The fourth-order valence-electron chi connectivity index (χ4n) is 7.51. The molecule has 52 heavy (non-hydrogen) atoms. The minimum atomic E-state index is 0.578. The predicted octanol–water partition coefficient (Wildman–Crippen LogP) is 12.6. The van der Waals surface area contributed by atoms with E-state index in [1.165, 1.54) is 10.8 Å². The van der Waals surface area contributed by atoms with Crippen LogP contribution in [0, 0.1) is 0 Å². The molecule has 0 unspecified atom stereocenters. The summed E-state index contributed by atoms with van der Waals surface area (Å²) in [5, 5.41) is 8.77. The van der Waals surface area contributed by atoms with Gasteiger partial charge in [-0.05, 0) is 87.3 Å². The summed E-state index contributed by atoms with van der Waals surface area (Å²) in [6.07, 6.45) is 0. The van der Waals surface area contributed by atoms with Crippen LogP contribution in [0.15, 0.2) is 173 Å². The molecule has 0 aliphatic carbocycles. The van der Waals surface area contributed by atoms with E-state index in [-0.39, 0.29) is 0 Å². The second-order valence-electron chi connectivity index (χ2n) is 13.2. The van der Waals surface area contributed by atoms with Crippen LogP contribution in [0.5, 0.6) is 0 Å². The van der Waals surface area contributed by atoms with E-state index in [1.807, 2.05) is 42.5 Å². The Balaban J connectivity index is 1.14. The number of rotatable bonds is 4. The summed E-state index contributed by atoms with van der Waals surface area (Å²) in [5.41, 5.74) is 8.22. The predicted molar refractivity (Wildman–Crippen MR) is 211 cm³/mol. The van der Waals surface area contributed by atoms with E-state index >= 15 is 0 Å². The van der Waals surface area contributed by atoms with Gasteiger partial charge in [-0.3, -0.25) is 0 Å². The smallest absolute Gasteiger partial charge is 0.164 e. The van der Waals surface area contributed by atoms with Crippen molar-refractivity contribution in [3.63, 3.8) is 0 Å². The Labute approximate surface area is 297 Å². The summed E-state index contributed by atoms with van der Waals surface area (Å²) in [7, 11) is 0. The number of aromatic nitrogens is 3. The second kappa shape index (κ2) is 11.2. The van der Waals surface area contributed by atoms with Crippen molar-refractivity contribution in [3.8, 4) is 45.3 Å². The summed E-state index contributed by atoms with van der Waals surface area (Å²) in [6.45, 7) is 0. The average Bonchev–Trinajstić information content (AvgIpc) is 3.78. The van der Waals surface area contributed by atoms with Gasteiger partial charge in [0.15, 0.2) is 17.5 Å². The van der Waals surface area contributed by atoms with Crippen molar-refractivity contribution >= 4 is 65.4 Å². The third-order valence-corrected chi connectivity index (χ3v) is 10.1. The normalized spacial score (nSPS) is 11.8. The molecular formula is C47H27N3O2. The van der Waals surface area contributed by atoms with Gasteiger partial charge in [0.2, 0.25) is 0 Å². The van der Waals surface area contributed by atoms with Gasteiger partial charge in [-0.1, -0.05) is 109 Å². The van der Waals surface area contributed by atoms with Crippen LogP contribution in [0.3, 0.4) is 0 Å². The molecule has 0 atom stereocenters. The van der Waals surface area contributed by atoms with E-state index < -0.39 is 0 Å². The first-order valence-corrected chi connectivity index (χ1v) is 17.3. The molecule has 11 rings (SSSR count). The number of benzene rings is 8. The minimum Gasteiger partial charge on any atom is -0.456 e. The lowest BCUT2D eigenvalue weighted by Crippen LogP contribution is -2.00. The molecular weight excluding hydrogens is 639 g/mol. The Morgan fingerprint density at radius 1 is 0.308 bits per heavy atom. The van der Waals surface area contributed by atoms with E-state index in [2.05, 4.69) is 121 Å². The van der Waals surface area contributed by atoms with Crippen LogP contribution in [0.25, 0.3) is 111 Å². The van der Waals surface area contributed by atoms with Gasteiger partial charge in [-0.2, -0.15) is 0 Å². The molecule has 11 aromatic rings. The van der Waals surface area contributed by atoms with Crippen molar-refractivity contribution in [1.82, 2.24) is 15.0 Å². The molecule has 5 heteroatoms. The van der Waals surface area contributed by atoms with Gasteiger partial charge >= 0.3 is 0 Å². The topological polar surface area (TPSA) is 65.0 Å². The van der Waals surface area contributed by atoms with Crippen molar-refractivity contribution in [1.29, 1.82) is 0 Å². The Hall–Kier alpha value is -7.11. The average molecular weight is 666 g/mol. The zero-order valence-electron chi connectivity index (χ0n) is 27.7. The summed E-state index contributed by atoms with van der Waals surface area (Å²) in [6, 6.07) is 56.5. The Morgan fingerprint density at radius 2 is 0.808 bits per heavy atom. The van der Waals surface area contributed by atoms with Crippen molar-refractivity contribution in [2.45, 2.75) is 0 Å². The van der Waals surface area contributed by atoms with Crippen LogP contribution in [0.1, 0.15) is 0 Å². The molecule has 0 aliphatic heterocycles. The van der Waals surface area contributed by atoms with Gasteiger partial charge < -0.3 is 8.83 Å². The van der Waals surface area contributed by atoms with Crippen molar-refractivity contribution in [2.75, 3.05) is 0 Å². The number of hydrogen-bond donors (Lipinski definition) is 0. The minimum absolute atomic E-state index is 0.578. The number of hydrogen-bond acceptors (Lipinski definition) is 5. The summed E-state index contributed by atoms with van der Waals surface area (Å²) >= 11 is 0. The van der Waals surface area contributed by atoms with Gasteiger partial charge in [-0.25, -0.2) is 15.0 Å². The van der Waals surface area contributed by atoms with Crippen molar-refractivity contribution in [3.05, 3.63) is 164 Å². The summed E-state index contributed by atoms with van der Waals surface area (Å²) in [4.78, 5) is 15.5. The molecule has 0 bridgehead atoms. The maximum absolute atomic E-state index is 6.45. The zero-order valence-corrected chi connectivity index (χ0v) is 27.7. The summed E-state index contributed by atoms with van der Waals surface area (Å²) in [5.74, 6) is 1.77. The highest BCUT2D eigenvalue weighted by Crippen LogP contribution is 2.39. The van der Waals surface area contributed by atoms with Crippen LogP contribution in [-0.4, -0.2) is 15.0 Å². The molecule has 242 valence electrons. The lowest BCUT2D eigenvalue weighted by atomic mass is 9.98. The highest BCUT2D eigenvalue weighted by molar-refractivity contribution is 6.13. The van der Waals surface area contributed by atoms with Crippen LogP contribution in [-0.2, 0) is 0 Å². The van der Waals surface area contributed by atoms with Gasteiger partial charge in [0.1, 0.15) is 22.3 Å². The van der Waals surface area contributed by atoms with Crippen LogP contribution >= 0.6 is 0 Å². The molecule has 0 N–H and O–H groups in total. The quantitative estimate of drug-likeness (QED) is 0.187. The molecule has 0 saturated carbocycles. The SMILES string of the molecule is c1ccc2cc(-c3ccc4oc5cccc(-c6nc(-c7ccc8ccccc8c7)nc(-c7ccc8oc9ccccc9c8c7)n6)c5c4c3)ccc2c1. The first-order valence-electron chi connectivity index (χ1n) is 17.3. The largest absolute Gasteiger partial charge is 0.456 e. The molecule has 0 amide bonds. The molecule has 0 fully saturated rings. The van der Waals surface area contributed by atoms with Crippen LogP contribution in [0.2, 0.25) is 0 Å². The fourth-order valence-corrected chi connectivity index (χ4v) is 7.51. The molecule has 0 saturated heterocycles. The third kappa shape index (κ3) is 4.60. The lowest BCUT2D eigenvalue weighted by molar-refractivity contribution is 0.668. The highest BCUT2D eigenvalue weighted by atomic mass is 16.3. The molecule has 3 aromatic heterocycles. The van der Waals surface area contributed by atoms with Gasteiger partial charge in [0.05, 0.1) is 0 Å². The third-order valence-electron chi connectivity index (χ3n) is 10.1. The van der Waals surface area contributed by atoms with Gasteiger partial charge in [0, 0.05) is 38.2 Å². The monoisotopic (exact) mass is 665 g/mol.